The fourth-order valence-electron chi connectivity index (χ4n) is 4.60. The molecule has 2 aromatic heterocycles. The molecule has 1 amide bonds. The van der Waals surface area contributed by atoms with E-state index in [4.69, 9.17) is 27.9 Å². The van der Waals surface area contributed by atoms with Crippen LogP contribution in [0.2, 0.25) is 5.15 Å². The zero-order valence-corrected chi connectivity index (χ0v) is 19.8. The standard InChI is InChI=1S/C23H29ClN6O.CH4O/c24-20-3-1-2-19(28-20)22(26)17-7-12-30(13-8-17)23(31)18-5-10-29(11-6-18)15-16-4-9-27-21(25)14-16;1-2/h1-4,9,14,17-18,26H,5-8,10-13,15H2,(H2,25,27);2H,1H3. The number of amides is 1. The second-order valence-corrected chi connectivity index (χ2v) is 8.89. The van der Waals surface area contributed by atoms with Crippen molar-refractivity contribution in [1.29, 1.82) is 5.41 Å². The smallest absolute Gasteiger partial charge is 0.225 e. The minimum absolute atomic E-state index is 0.101. The van der Waals surface area contributed by atoms with Gasteiger partial charge in [-0.1, -0.05) is 17.7 Å². The van der Waals surface area contributed by atoms with Crippen LogP contribution in [0.3, 0.4) is 0 Å². The van der Waals surface area contributed by atoms with Crippen LogP contribution >= 0.6 is 11.6 Å². The summed E-state index contributed by atoms with van der Waals surface area (Å²) in [5.74, 6) is 1.05. The molecule has 4 N–H and O–H groups in total. The van der Waals surface area contributed by atoms with Crippen molar-refractivity contribution in [2.75, 3.05) is 39.0 Å². The minimum atomic E-state index is 0.101. The first kappa shape index (κ1) is 25.1. The van der Waals surface area contributed by atoms with Gasteiger partial charge in [-0.25, -0.2) is 9.97 Å². The van der Waals surface area contributed by atoms with Crippen molar-refractivity contribution >= 4 is 29.0 Å². The summed E-state index contributed by atoms with van der Waals surface area (Å²) in [6.45, 7) is 4.10. The molecule has 0 aliphatic carbocycles. The topological polar surface area (TPSA) is 119 Å². The molecule has 0 aromatic carbocycles. The number of nitrogen functional groups attached to an aromatic ring is 1. The second-order valence-electron chi connectivity index (χ2n) is 8.50. The summed E-state index contributed by atoms with van der Waals surface area (Å²) < 4.78 is 0. The monoisotopic (exact) mass is 472 g/mol. The summed E-state index contributed by atoms with van der Waals surface area (Å²) in [5.41, 5.74) is 8.10. The number of pyridine rings is 2. The molecule has 178 valence electrons. The minimum Gasteiger partial charge on any atom is -0.400 e. The normalized spacial score (nSPS) is 17.8. The van der Waals surface area contributed by atoms with E-state index in [2.05, 4.69) is 14.9 Å². The van der Waals surface area contributed by atoms with Crippen molar-refractivity contribution in [3.63, 3.8) is 0 Å². The van der Waals surface area contributed by atoms with Crippen LogP contribution in [0.15, 0.2) is 36.5 Å². The molecule has 2 aliphatic rings. The molecular formula is C24H33ClN6O2. The van der Waals surface area contributed by atoms with E-state index in [9.17, 15) is 4.79 Å². The molecular weight excluding hydrogens is 440 g/mol. The molecule has 9 heteroatoms. The average Bonchev–Trinajstić information content (AvgIpc) is 2.85. The number of nitrogens with two attached hydrogens (primary N) is 1. The van der Waals surface area contributed by atoms with E-state index < -0.39 is 0 Å². The predicted octanol–water partition coefficient (Wildman–Crippen LogP) is 2.84. The van der Waals surface area contributed by atoms with Gasteiger partial charge in [0, 0.05) is 44.8 Å². The third-order valence-electron chi connectivity index (χ3n) is 6.39. The quantitative estimate of drug-likeness (QED) is 0.454. The van der Waals surface area contributed by atoms with Crippen molar-refractivity contribution in [1.82, 2.24) is 19.8 Å². The van der Waals surface area contributed by atoms with Crippen molar-refractivity contribution in [3.8, 4) is 0 Å². The summed E-state index contributed by atoms with van der Waals surface area (Å²) in [4.78, 5) is 25.7. The molecule has 2 saturated heterocycles. The Hall–Kier alpha value is -2.55. The molecule has 33 heavy (non-hydrogen) atoms. The fraction of sp³-hybridized carbons (Fsp3) is 0.500. The first-order chi connectivity index (χ1) is 16.0. The number of rotatable bonds is 5. The molecule has 4 rings (SSSR count). The van der Waals surface area contributed by atoms with Crippen LogP contribution in [0, 0.1) is 17.2 Å². The van der Waals surface area contributed by atoms with Crippen LogP contribution in [0.25, 0.3) is 0 Å². The number of aliphatic hydroxyl groups is 1. The number of piperidine rings is 2. The third-order valence-corrected chi connectivity index (χ3v) is 6.60. The highest BCUT2D eigenvalue weighted by Gasteiger charge is 2.32. The zero-order chi connectivity index (χ0) is 23.8. The molecule has 0 atom stereocenters. The maximum Gasteiger partial charge on any atom is 0.225 e. The number of carbonyl (C=O) groups excluding carboxylic acids is 1. The Bertz CT molecular complexity index is 940. The van der Waals surface area contributed by atoms with Crippen LogP contribution in [-0.4, -0.2) is 69.8 Å². The lowest BCUT2D eigenvalue weighted by molar-refractivity contribution is -0.138. The first-order valence-corrected chi connectivity index (χ1v) is 11.7. The molecule has 0 radical (unpaired) electrons. The Balaban J connectivity index is 0.00000149. The highest BCUT2D eigenvalue weighted by molar-refractivity contribution is 6.29. The number of anilines is 1. The molecule has 0 unspecified atom stereocenters. The second kappa shape index (κ2) is 12.1. The van der Waals surface area contributed by atoms with Gasteiger partial charge >= 0.3 is 0 Å². The van der Waals surface area contributed by atoms with Gasteiger partial charge in [-0.15, -0.1) is 0 Å². The van der Waals surface area contributed by atoms with Crippen LogP contribution < -0.4 is 5.73 Å². The fourth-order valence-corrected chi connectivity index (χ4v) is 4.77. The van der Waals surface area contributed by atoms with Crippen LogP contribution in [-0.2, 0) is 11.3 Å². The molecule has 2 aromatic rings. The van der Waals surface area contributed by atoms with Crippen LogP contribution in [0.4, 0.5) is 5.82 Å². The van der Waals surface area contributed by atoms with Gasteiger partial charge < -0.3 is 21.1 Å². The Morgan fingerprint density at radius 1 is 1.12 bits per heavy atom. The molecule has 8 nitrogen and oxygen atoms in total. The number of likely N-dealkylation sites (tertiary alicyclic amines) is 2. The Morgan fingerprint density at radius 3 is 2.42 bits per heavy atom. The number of halogens is 1. The van der Waals surface area contributed by atoms with E-state index in [1.54, 1.807) is 12.3 Å². The van der Waals surface area contributed by atoms with Crippen LogP contribution in [0.1, 0.15) is 36.9 Å². The van der Waals surface area contributed by atoms with Crippen molar-refractivity contribution in [3.05, 3.63) is 52.9 Å². The van der Waals surface area contributed by atoms with Crippen molar-refractivity contribution in [2.45, 2.75) is 32.2 Å². The number of nitrogens with zero attached hydrogens (tertiary/aromatic N) is 4. The number of aliphatic hydroxyl groups excluding tert-OH is 1. The lowest BCUT2D eigenvalue weighted by Crippen LogP contribution is -2.46. The van der Waals surface area contributed by atoms with E-state index in [-0.39, 0.29) is 17.7 Å². The molecule has 2 fully saturated rings. The number of carbonyl (C=O) groups is 1. The van der Waals surface area contributed by atoms with Gasteiger partial charge in [0.15, 0.2) is 0 Å². The van der Waals surface area contributed by atoms with Gasteiger partial charge in [-0.2, -0.15) is 0 Å². The summed E-state index contributed by atoms with van der Waals surface area (Å²) in [6, 6.07) is 9.29. The Kier molecular flexibility index (Phi) is 9.17. The first-order valence-electron chi connectivity index (χ1n) is 11.4. The highest BCUT2D eigenvalue weighted by atomic mass is 35.5. The molecule has 0 bridgehead atoms. The Morgan fingerprint density at radius 2 is 1.79 bits per heavy atom. The number of hydrogen-bond acceptors (Lipinski definition) is 7. The number of nitrogens with one attached hydrogen (secondary N) is 1. The van der Waals surface area contributed by atoms with Gasteiger partial charge in [0.05, 0.1) is 11.4 Å². The summed E-state index contributed by atoms with van der Waals surface area (Å²) in [7, 11) is 1.00. The third kappa shape index (κ3) is 6.72. The van der Waals surface area contributed by atoms with Gasteiger partial charge in [-0.05, 0) is 68.6 Å². The summed E-state index contributed by atoms with van der Waals surface area (Å²) in [5, 5.41) is 15.9. The average molecular weight is 473 g/mol. The lowest BCUT2D eigenvalue weighted by atomic mass is 9.88. The number of hydrogen-bond donors (Lipinski definition) is 3. The maximum absolute atomic E-state index is 13.1. The van der Waals surface area contributed by atoms with Gasteiger partial charge in [-0.3, -0.25) is 9.69 Å². The molecule has 4 heterocycles. The van der Waals surface area contributed by atoms with Crippen molar-refractivity contribution < 1.29 is 9.90 Å². The number of aromatic nitrogens is 2. The largest absolute Gasteiger partial charge is 0.400 e. The van der Waals surface area contributed by atoms with E-state index in [1.807, 2.05) is 29.2 Å². The Labute approximate surface area is 200 Å². The van der Waals surface area contributed by atoms with E-state index in [0.29, 0.717) is 35.5 Å². The lowest BCUT2D eigenvalue weighted by Gasteiger charge is -2.37. The maximum atomic E-state index is 13.1. The summed E-state index contributed by atoms with van der Waals surface area (Å²) >= 11 is 5.97. The van der Waals surface area contributed by atoms with E-state index in [0.717, 1.165) is 58.0 Å². The molecule has 0 spiro atoms. The zero-order valence-electron chi connectivity index (χ0n) is 19.1. The van der Waals surface area contributed by atoms with Crippen molar-refractivity contribution in [2.24, 2.45) is 11.8 Å². The SMILES string of the molecule is CO.N=C(c1cccc(Cl)n1)C1CCN(C(=O)C2CCN(Cc3ccnc(N)c3)CC2)CC1. The molecule has 2 aliphatic heterocycles. The summed E-state index contributed by atoms with van der Waals surface area (Å²) in [6.07, 6.45) is 5.14. The highest BCUT2D eigenvalue weighted by Crippen LogP contribution is 2.26. The van der Waals surface area contributed by atoms with E-state index in [1.165, 1.54) is 0 Å². The van der Waals surface area contributed by atoms with Gasteiger partial charge in [0.1, 0.15) is 11.0 Å². The molecule has 0 saturated carbocycles. The predicted molar refractivity (Wildman–Crippen MR) is 130 cm³/mol. The van der Waals surface area contributed by atoms with Gasteiger partial charge in [0.25, 0.3) is 0 Å². The van der Waals surface area contributed by atoms with E-state index >= 15 is 0 Å². The van der Waals surface area contributed by atoms with Gasteiger partial charge in [0.2, 0.25) is 5.91 Å². The van der Waals surface area contributed by atoms with Crippen LogP contribution in [0.5, 0.6) is 0 Å².